The minimum absolute atomic E-state index is 0.397. The molecule has 1 aromatic carbocycles. The first-order valence-corrected chi connectivity index (χ1v) is 4.53. The molecule has 0 fully saturated rings. The second kappa shape index (κ2) is 4.64. The predicted octanol–water partition coefficient (Wildman–Crippen LogP) is 1.38. The van der Waals surface area contributed by atoms with Crippen molar-refractivity contribution in [1.82, 2.24) is 0 Å². The average Bonchev–Trinajstić information content (AvgIpc) is 2.16. The van der Waals surface area contributed by atoms with Crippen LogP contribution in [-0.4, -0.2) is 24.8 Å². The van der Waals surface area contributed by atoms with E-state index in [1.807, 2.05) is 30.1 Å². The van der Waals surface area contributed by atoms with Crippen LogP contribution in [-0.2, 0) is 0 Å². The Morgan fingerprint density at radius 1 is 1.50 bits per heavy atom. The van der Waals surface area contributed by atoms with Crippen molar-refractivity contribution in [3.8, 4) is 6.07 Å². The predicted molar refractivity (Wildman–Crippen MR) is 56.1 cm³/mol. The Hall–Kier alpha value is -1.53. The lowest BCUT2D eigenvalue weighted by molar-refractivity contribution is 0.201. The normalized spacial score (nSPS) is 11.9. The summed E-state index contributed by atoms with van der Waals surface area (Å²) in [7, 11) is 1.86. The second-order valence-electron chi connectivity index (χ2n) is 3.36. The fourth-order valence-electron chi connectivity index (χ4n) is 1.40. The van der Waals surface area contributed by atoms with Crippen molar-refractivity contribution in [2.24, 2.45) is 0 Å². The van der Waals surface area contributed by atoms with Gasteiger partial charge in [0.2, 0.25) is 0 Å². The standard InChI is InChI=1S/C11H14N2O/c1-9(14)8-13(2)11-6-4-3-5-10(11)7-12/h3-6,9,14H,8H2,1-2H3/t9-/m0/s1. The number of likely N-dealkylation sites (N-methyl/N-ethyl adjacent to an activating group) is 1. The van der Waals surface area contributed by atoms with E-state index in [1.54, 1.807) is 13.0 Å². The maximum atomic E-state index is 9.22. The smallest absolute Gasteiger partial charge is 0.101 e. The number of aliphatic hydroxyl groups is 1. The SMILES string of the molecule is C[C@H](O)CN(C)c1ccccc1C#N. The first-order valence-electron chi connectivity index (χ1n) is 4.53. The summed E-state index contributed by atoms with van der Waals surface area (Å²) in [5.41, 5.74) is 1.49. The first-order chi connectivity index (χ1) is 6.65. The third-order valence-electron chi connectivity index (χ3n) is 1.97. The van der Waals surface area contributed by atoms with Gasteiger partial charge in [-0.25, -0.2) is 0 Å². The van der Waals surface area contributed by atoms with Crippen molar-refractivity contribution in [3.05, 3.63) is 29.8 Å². The van der Waals surface area contributed by atoms with E-state index in [1.165, 1.54) is 0 Å². The van der Waals surface area contributed by atoms with Gasteiger partial charge in [-0.1, -0.05) is 12.1 Å². The number of hydrogen-bond donors (Lipinski definition) is 1. The van der Waals surface area contributed by atoms with Crippen LogP contribution in [0.3, 0.4) is 0 Å². The van der Waals surface area contributed by atoms with Crippen LogP contribution in [0.1, 0.15) is 12.5 Å². The lowest BCUT2D eigenvalue weighted by Gasteiger charge is -2.21. The molecule has 0 aromatic heterocycles. The number of rotatable bonds is 3. The molecule has 0 saturated carbocycles. The highest BCUT2D eigenvalue weighted by Gasteiger charge is 2.07. The van der Waals surface area contributed by atoms with Crippen LogP contribution in [0.5, 0.6) is 0 Å². The van der Waals surface area contributed by atoms with Gasteiger partial charge in [0, 0.05) is 13.6 Å². The van der Waals surface area contributed by atoms with E-state index in [0.717, 1.165) is 5.69 Å². The van der Waals surface area contributed by atoms with Gasteiger partial charge in [0.05, 0.1) is 17.4 Å². The van der Waals surface area contributed by atoms with Crippen LogP contribution in [0.15, 0.2) is 24.3 Å². The molecule has 3 heteroatoms. The number of para-hydroxylation sites is 1. The second-order valence-corrected chi connectivity index (χ2v) is 3.36. The van der Waals surface area contributed by atoms with E-state index in [2.05, 4.69) is 6.07 Å². The Morgan fingerprint density at radius 3 is 2.71 bits per heavy atom. The summed E-state index contributed by atoms with van der Waals surface area (Å²) < 4.78 is 0. The molecular formula is C11H14N2O. The van der Waals surface area contributed by atoms with E-state index in [4.69, 9.17) is 5.26 Å². The van der Waals surface area contributed by atoms with Crippen LogP contribution in [0, 0.1) is 11.3 Å². The fourth-order valence-corrected chi connectivity index (χ4v) is 1.40. The van der Waals surface area contributed by atoms with Crippen molar-refractivity contribution in [1.29, 1.82) is 5.26 Å². The zero-order chi connectivity index (χ0) is 10.6. The zero-order valence-electron chi connectivity index (χ0n) is 8.44. The van der Waals surface area contributed by atoms with Gasteiger partial charge < -0.3 is 10.0 Å². The molecule has 0 saturated heterocycles. The van der Waals surface area contributed by atoms with Crippen LogP contribution < -0.4 is 4.90 Å². The largest absolute Gasteiger partial charge is 0.392 e. The van der Waals surface area contributed by atoms with Gasteiger partial charge in [-0.15, -0.1) is 0 Å². The Labute approximate surface area is 84.2 Å². The molecule has 0 spiro atoms. The number of anilines is 1. The summed E-state index contributed by atoms with van der Waals surface area (Å²) >= 11 is 0. The molecule has 0 aliphatic rings. The van der Waals surface area contributed by atoms with Crippen molar-refractivity contribution in [2.45, 2.75) is 13.0 Å². The average molecular weight is 190 g/mol. The Morgan fingerprint density at radius 2 is 2.14 bits per heavy atom. The summed E-state index contributed by atoms with van der Waals surface area (Å²) in [4.78, 5) is 1.88. The lowest BCUT2D eigenvalue weighted by Crippen LogP contribution is -2.27. The maximum Gasteiger partial charge on any atom is 0.101 e. The van der Waals surface area contributed by atoms with Gasteiger partial charge >= 0.3 is 0 Å². The quantitative estimate of drug-likeness (QED) is 0.783. The third-order valence-corrected chi connectivity index (χ3v) is 1.97. The molecule has 1 atom stereocenters. The van der Waals surface area contributed by atoms with Crippen molar-refractivity contribution in [2.75, 3.05) is 18.5 Å². The molecule has 0 aliphatic carbocycles. The number of hydrogen-bond acceptors (Lipinski definition) is 3. The molecule has 0 amide bonds. The Balaban J connectivity index is 2.89. The zero-order valence-corrected chi connectivity index (χ0v) is 8.44. The van der Waals surface area contributed by atoms with Gasteiger partial charge in [-0.3, -0.25) is 0 Å². The van der Waals surface area contributed by atoms with E-state index in [-0.39, 0.29) is 0 Å². The third kappa shape index (κ3) is 2.48. The fraction of sp³-hybridized carbons (Fsp3) is 0.364. The van der Waals surface area contributed by atoms with Crippen molar-refractivity contribution >= 4 is 5.69 Å². The molecule has 1 aromatic rings. The molecule has 0 heterocycles. The molecule has 0 aliphatic heterocycles. The number of aliphatic hydroxyl groups excluding tert-OH is 1. The van der Waals surface area contributed by atoms with Crippen molar-refractivity contribution in [3.63, 3.8) is 0 Å². The van der Waals surface area contributed by atoms with Gasteiger partial charge in [0.15, 0.2) is 0 Å². The molecule has 0 bridgehead atoms. The highest BCUT2D eigenvalue weighted by molar-refractivity contribution is 5.58. The number of nitrogens with zero attached hydrogens (tertiary/aromatic N) is 2. The van der Waals surface area contributed by atoms with Gasteiger partial charge in [0.25, 0.3) is 0 Å². The topological polar surface area (TPSA) is 47.3 Å². The van der Waals surface area contributed by atoms with Crippen LogP contribution in [0.25, 0.3) is 0 Å². The summed E-state index contributed by atoms with van der Waals surface area (Å²) in [6.45, 7) is 2.25. The molecule has 1 N–H and O–H groups in total. The van der Waals surface area contributed by atoms with E-state index in [0.29, 0.717) is 12.1 Å². The van der Waals surface area contributed by atoms with Gasteiger partial charge in [0.1, 0.15) is 6.07 Å². The Kier molecular flexibility index (Phi) is 3.49. The van der Waals surface area contributed by atoms with Crippen molar-refractivity contribution < 1.29 is 5.11 Å². The molecule has 74 valence electrons. The highest BCUT2D eigenvalue weighted by Crippen LogP contribution is 2.17. The monoisotopic (exact) mass is 190 g/mol. The van der Waals surface area contributed by atoms with Crippen LogP contribution in [0.2, 0.25) is 0 Å². The molecule has 14 heavy (non-hydrogen) atoms. The maximum absolute atomic E-state index is 9.22. The molecule has 0 radical (unpaired) electrons. The summed E-state index contributed by atoms with van der Waals surface area (Å²) in [5.74, 6) is 0. The van der Waals surface area contributed by atoms with E-state index in [9.17, 15) is 5.11 Å². The van der Waals surface area contributed by atoms with E-state index < -0.39 is 6.10 Å². The lowest BCUT2D eigenvalue weighted by atomic mass is 10.2. The van der Waals surface area contributed by atoms with E-state index >= 15 is 0 Å². The minimum atomic E-state index is -0.397. The first kappa shape index (κ1) is 10.6. The minimum Gasteiger partial charge on any atom is -0.392 e. The van der Waals surface area contributed by atoms with Gasteiger partial charge in [-0.2, -0.15) is 5.26 Å². The summed E-state index contributed by atoms with van der Waals surface area (Å²) in [6, 6.07) is 9.49. The molecule has 0 unspecified atom stereocenters. The summed E-state index contributed by atoms with van der Waals surface area (Å²) in [5, 5.41) is 18.1. The highest BCUT2D eigenvalue weighted by atomic mass is 16.3. The number of benzene rings is 1. The Bertz CT molecular complexity index is 341. The number of nitriles is 1. The van der Waals surface area contributed by atoms with Gasteiger partial charge in [-0.05, 0) is 19.1 Å². The van der Waals surface area contributed by atoms with Crippen LogP contribution in [0.4, 0.5) is 5.69 Å². The molecular weight excluding hydrogens is 176 g/mol. The van der Waals surface area contributed by atoms with Crippen LogP contribution >= 0.6 is 0 Å². The molecule has 1 rings (SSSR count). The molecule has 3 nitrogen and oxygen atoms in total. The summed E-state index contributed by atoms with van der Waals surface area (Å²) in [6.07, 6.45) is -0.397.